The van der Waals surface area contributed by atoms with Gasteiger partial charge in [-0.2, -0.15) is 0 Å². The van der Waals surface area contributed by atoms with Gasteiger partial charge in [-0.15, -0.1) is 24.0 Å². The molecule has 0 aliphatic carbocycles. The minimum absolute atomic E-state index is 0. The number of sulfone groups is 1. The molecule has 2 fully saturated rings. The first-order valence-corrected chi connectivity index (χ1v) is 11.3. The van der Waals surface area contributed by atoms with Crippen LogP contribution in [-0.4, -0.2) is 58.4 Å². The van der Waals surface area contributed by atoms with E-state index < -0.39 is 9.84 Å². The number of guanidine groups is 1. The largest absolute Gasteiger partial charge is 0.381 e. The van der Waals surface area contributed by atoms with Crippen molar-refractivity contribution in [3.8, 4) is 0 Å². The first kappa shape index (κ1) is 22.4. The van der Waals surface area contributed by atoms with Gasteiger partial charge in [-0.1, -0.05) is 24.3 Å². The van der Waals surface area contributed by atoms with Gasteiger partial charge in [-0.25, -0.2) is 13.4 Å². The third-order valence-corrected chi connectivity index (χ3v) is 5.95. The van der Waals surface area contributed by atoms with Crippen molar-refractivity contribution >= 4 is 39.8 Å². The molecule has 1 N–H and O–H groups in total. The lowest BCUT2D eigenvalue weighted by molar-refractivity contribution is 0.156. The minimum Gasteiger partial charge on any atom is -0.381 e. The van der Waals surface area contributed by atoms with Gasteiger partial charge in [0.25, 0.3) is 0 Å². The van der Waals surface area contributed by atoms with Crippen LogP contribution in [0.5, 0.6) is 0 Å². The molecule has 2 heterocycles. The fourth-order valence-corrected chi connectivity index (χ4v) is 4.58. The highest BCUT2D eigenvalue weighted by Crippen LogP contribution is 2.38. The molecule has 1 spiro atoms. The SMILES string of the molecule is CCNC(=NCc1cccc(CS(C)(=O)=O)c1)N1CCC2(CCOC2)C1.I. The fourth-order valence-electron chi connectivity index (χ4n) is 3.80. The molecule has 2 aliphatic heterocycles. The van der Waals surface area contributed by atoms with Crippen molar-refractivity contribution in [1.82, 2.24) is 10.2 Å². The standard InChI is InChI=1S/C19H29N3O3S.HI/c1-3-20-18(22-9-7-19(14-22)8-10-25-15-19)21-12-16-5-4-6-17(11-16)13-26(2,23)24;/h4-6,11H,3,7-10,12-15H2,1-2H3,(H,20,21);1H. The van der Waals surface area contributed by atoms with Crippen LogP contribution in [0.4, 0.5) is 0 Å². The number of benzene rings is 1. The summed E-state index contributed by atoms with van der Waals surface area (Å²) < 4.78 is 28.6. The van der Waals surface area contributed by atoms with Crippen LogP contribution in [0.2, 0.25) is 0 Å². The van der Waals surface area contributed by atoms with Gasteiger partial charge >= 0.3 is 0 Å². The Labute approximate surface area is 179 Å². The number of likely N-dealkylation sites (tertiary alicyclic amines) is 1. The number of hydrogen-bond donors (Lipinski definition) is 1. The normalized spacial score (nSPS) is 22.9. The van der Waals surface area contributed by atoms with Gasteiger partial charge in [-0.05, 0) is 30.9 Å². The summed E-state index contributed by atoms with van der Waals surface area (Å²) in [6.45, 7) is 7.17. The molecule has 1 atom stereocenters. The summed E-state index contributed by atoms with van der Waals surface area (Å²) in [4.78, 5) is 7.13. The number of nitrogens with one attached hydrogen (secondary N) is 1. The minimum atomic E-state index is -3.03. The smallest absolute Gasteiger partial charge is 0.194 e. The molecular weight excluding hydrogens is 477 g/mol. The molecule has 0 bridgehead atoms. The predicted molar refractivity (Wildman–Crippen MR) is 119 cm³/mol. The highest BCUT2D eigenvalue weighted by molar-refractivity contribution is 14.0. The average Bonchev–Trinajstić information content (AvgIpc) is 3.20. The quantitative estimate of drug-likeness (QED) is 0.377. The van der Waals surface area contributed by atoms with E-state index in [0.717, 1.165) is 62.8 Å². The van der Waals surface area contributed by atoms with E-state index in [1.54, 1.807) is 0 Å². The lowest BCUT2D eigenvalue weighted by Crippen LogP contribution is -2.41. The van der Waals surface area contributed by atoms with E-state index in [9.17, 15) is 8.42 Å². The third-order valence-electron chi connectivity index (χ3n) is 5.09. The molecule has 1 unspecified atom stereocenters. The Morgan fingerprint density at radius 1 is 1.33 bits per heavy atom. The summed E-state index contributed by atoms with van der Waals surface area (Å²) in [5.74, 6) is 1.00. The molecule has 0 saturated carbocycles. The Kier molecular flexibility index (Phi) is 7.94. The van der Waals surface area contributed by atoms with Crippen molar-refractivity contribution in [2.45, 2.75) is 32.1 Å². The molecule has 152 valence electrons. The van der Waals surface area contributed by atoms with E-state index in [0.29, 0.717) is 12.0 Å². The number of ether oxygens (including phenoxy) is 1. The number of aliphatic imine (C=N–C) groups is 1. The molecule has 0 amide bonds. The van der Waals surface area contributed by atoms with E-state index in [1.165, 1.54) is 6.26 Å². The fraction of sp³-hybridized carbons (Fsp3) is 0.632. The van der Waals surface area contributed by atoms with Crippen LogP contribution < -0.4 is 5.32 Å². The number of rotatable bonds is 5. The van der Waals surface area contributed by atoms with E-state index in [1.807, 2.05) is 24.3 Å². The van der Waals surface area contributed by atoms with E-state index in [-0.39, 0.29) is 29.7 Å². The Bertz CT molecular complexity index is 761. The van der Waals surface area contributed by atoms with Gasteiger partial charge in [0.2, 0.25) is 0 Å². The first-order valence-electron chi connectivity index (χ1n) is 9.26. The lowest BCUT2D eigenvalue weighted by atomic mass is 9.87. The van der Waals surface area contributed by atoms with Crippen LogP contribution in [0.1, 0.15) is 30.9 Å². The molecule has 8 heteroatoms. The van der Waals surface area contributed by atoms with Gasteiger partial charge in [0.1, 0.15) is 0 Å². The van der Waals surface area contributed by atoms with Crippen LogP contribution in [-0.2, 0) is 26.9 Å². The summed E-state index contributed by atoms with van der Waals surface area (Å²) in [6, 6.07) is 7.68. The molecule has 6 nitrogen and oxygen atoms in total. The van der Waals surface area contributed by atoms with Crippen LogP contribution in [0.15, 0.2) is 29.3 Å². The highest BCUT2D eigenvalue weighted by atomic mass is 127. The first-order chi connectivity index (χ1) is 12.4. The van der Waals surface area contributed by atoms with Crippen LogP contribution >= 0.6 is 24.0 Å². The maximum absolute atomic E-state index is 11.5. The summed E-state index contributed by atoms with van der Waals surface area (Å²) in [5, 5.41) is 3.39. The van der Waals surface area contributed by atoms with Crippen molar-refractivity contribution in [1.29, 1.82) is 0 Å². The average molecular weight is 507 g/mol. The van der Waals surface area contributed by atoms with Gasteiger partial charge in [0.15, 0.2) is 15.8 Å². The maximum Gasteiger partial charge on any atom is 0.194 e. The topological polar surface area (TPSA) is 71.0 Å². The van der Waals surface area contributed by atoms with Crippen molar-refractivity contribution in [2.24, 2.45) is 10.4 Å². The predicted octanol–water partition coefficient (Wildman–Crippen LogP) is 2.43. The second-order valence-electron chi connectivity index (χ2n) is 7.53. The van der Waals surface area contributed by atoms with Crippen LogP contribution in [0.25, 0.3) is 0 Å². The Balaban J connectivity index is 0.00000261. The van der Waals surface area contributed by atoms with E-state index >= 15 is 0 Å². The Morgan fingerprint density at radius 3 is 2.78 bits per heavy atom. The number of halogens is 1. The van der Waals surface area contributed by atoms with Crippen molar-refractivity contribution in [2.75, 3.05) is 39.1 Å². The van der Waals surface area contributed by atoms with Gasteiger partial charge in [-0.3, -0.25) is 0 Å². The second-order valence-corrected chi connectivity index (χ2v) is 9.67. The summed E-state index contributed by atoms with van der Waals surface area (Å²) in [5.41, 5.74) is 2.14. The van der Waals surface area contributed by atoms with Crippen molar-refractivity contribution in [3.05, 3.63) is 35.4 Å². The van der Waals surface area contributed by atoms with Gasteiger partial charge < -0.3 is 15.0 Å². The van der Waals surface area contributed by atoms with E-state index in [2.05, 4.69) is 17.1 Å². The number of nitrogens with zero attached hydrogens (tertiary/aromatic N) is 2. The Morgan fingerprint density at radius 2 is 2.11 bits per heavy atom. The zero-order valence-corrected chi connectivity index (χ0v) is 19.3. The molecule has 0 aromatic heterocycles. The third kappa shape index (κ3) is 6.32. The maximum atomic E-state index is 11.5. The molecule has 0 radical (unpaired) electrons. The van der Waals surface area contributed by atoms with E-state index in [4.69, 9.17) is 9.73 Å². The summed E-state index contributed by atoms with van der Waals surface area (Å²) in [6.07, 6.45) is 3.55. The van der Waals surface area contributed by atoms with Gasteiger partial charge in [0, 0.05) is 37.9 Å². The highest BCUT2D eigenvalue weighted by Gasteiger charge is 2.42. The van der Waals surface area contributed by atoms with Gasteiger partial charge in [0.05, 0.1) is 18.9 Å². The Hall–Kier alpha value is -0.870. The zero-order valence-electron chi connectivity index (χ0n) is 16.1. The zero-order chi connectivity index (χ0) is 18.6. The summed E-state index contributed by atoms with van der Waals surface area (Å²) in [7, 11) is -3.03. The molecule has 1 aromatic carbocycles. The summed E-state index contributed by atoms with van der Waals surface area (Å²) >= 11 is 0. The number of hydrogen-bond acceptors (Lipinski definition) is 4. The molecule has 1 aromatic rings. The molecule has 2 aliphatic rings. The molecule has 3 rings (SSSR count). The molecule has 27 heavy (non-hydrogen) atoms. The molecule has 2 saturated heterocycles. The second kappa shape index (κ2) is 9.56. The monoisotopic (exact) mass is 507 g/mol. The molecular formula is C19H30IN3O3S. The van der Waals surface area contributed by atoms with Crippen LogP contribution in [0, 0.1) is 5.41 Å². The van der Waals surface area contributed by atoms with Crippen molar-refractivity contribution < 1.29 is 13.2 Å². The lowest BCUT2D eigenvalue weighted by Gasteiger charge is -2.25. The van der Waals surface area contributed by atoms with Crippen LogP contribution in [0.3, 0.4) is 0 Å². The van der Waals surface area contributed by atoms with Crippen molar-refractivity contribution in [3.63, 3.8) is 0 Å².